The lowest BCUT2D eigenvalue weighted by Gasteiger charge is -2.08. The Bertz CT molecular complexity index is 581. The number of rotatable bonds is 9. The van der Waals surface area contributed by atoms with Crippen LogP contribution >= 0.6 is 12.2 Å². The fourth-order valence-electron chi connectivity index (χ4n) is 1.85. The maximum Gasteiger partial charge on any atom is 0.240 e. The molecule has 0 aliphatic heterocycles. The summed E-state index contributed by atoms with van der Waals surface area (Å²) in [5.74, 6) is 0.683. The summed E-state index contributed by atoms with van der Waals surface area (Å²) in [6.07, 6.45) is 2.92. The fraction of sp³-hybridized carbons (Fsp3) is 0.500. The van der Waals surface area contributed by atoms with Crippen LogP contribution in [0.1, 0.15) is 18.4 Å². The van der Waals surface area contributed by atoms with E-state index in [0.717, 1.165) is 12.2 Å². The minimum Gasteiger partial charge on any atom is -0.393 e. The summed E-state index contributed by atoms with van der Waals surface area (Å²) in [5.41, 5.74) is 6.35. The Hall–Kier alpha value is -1.02. The van der Waals surface area contributed by atoms with Crippen LogP contribution < -0.4 is 10.5 Å². The van der Waals surface area contributed by atoms with E-state index >= 15 is 0 Å². The molecule has 0 radical (unpaired) electrons. The number of sulfonamides is 1. The van der Waals surface area contributed by atoms with E-state index in [-0.39, 0.29) is 11.4 Å². The molecule has 2 rings (SSSR count). The zero-order chi connectivity index (χ0) is 15.3. The topological polar surface area (TPSA) is 81.4 Å². The van der Waals surface area contributed by atoms with Crippen molar-refractivity contribution < 1.29 is 13.2 Å². The predicted octanol–water partition coefficient (Wildman–Crippen LogP) is 1.22. The van der Waals surface area contributed by atoms with E-state index in [2.05, 4.69) is 4.72 Å². The normalized spacial score (nSPS) is 15.0. The highest BCUT2D eigenvalue weighted by molar-refractivity contribution is 7.89. The SMILES string of the molecule is NC(=S)Cc1ccc(S(=O)(=O)NCCOCC2CC2)cc1. The van der Waals surface area contributed by atoms with Crippen LogP contribution in [0.2, 0.25) is 0 Å². The third-order valence-corrected chi connectivity index (χ3v) is 4.82. The number of hydrogen-bond acceptors (Lipinski definition) is 4. The lowest BCUT2D eigenvalue weighted by Crippen LogP contribution is -2.27. The van der Waals surface area contributed by atoms with Crippen molar-refractivity contribution in [1.82, 2.24) is 4.72 Å². The zero-order valence-corrected chi connectivity index (χ0v) is 13.4. The van der Waals surface area contributed by atoms with Crippen LogP contribution in [-0.4, -0.2) is 33.2 Å². The van der Waals surface area contributed by atoms with Gasteiger partial charge in [0.05, 0.1) is 16.5 Å². The Morgan fingerprint density at radius 2 is 2.00 bits per heavy atom. The first kappa shape index (κ1) is 16.4. The van der Waals surface area contributed by atoms with Crippen LogP contribution in [0.25, 0.3) is 0 Å². The molecule has 1 fully saturated rings. The molecule has 0 spiro atoms. The van der Waals surface area contributed by atoms with Crippen LogP contribution in [0, 0.1) is 5.92 Å². The molecule has 1 aliphatic rings. The standard InChI is InChI=1S/C14H20N2O3S2/c15-14(20)9-11-3-5-13(6-4-11)21(17,18)16-7-8-19-10-12-1-2-12/h3-6,12,16H,1-2,7-10H2,(H2,15,20). The second-order valence-corrected chi connectivity index (χ2v) is 7.49. The molecular weight excluding hydrogens is 308 g/mol. The monoisotopic (exact) mass is 328 g/mol. The van der Waals surface area contributed by atoms with Gasteiger partial charge in [-0.05, 0) is 36.5 Å². The van der Waals surface area contributed by atoms with Gasteiger partial charge in [-0.1, -0.05) is 24.4 Å². The smallest absolute Gasteiger partial charge is 0.240 e. The van der Waals surface area contributed by atoms with Gasteiger partial charge in [0.15, 0.2) is 0 Å². The maximum atomic E-state index is 12.1. The highest BCUT2D eigenvalue weighted by Crippen LogP contribution is 2.28. The van der Waals surface area contributed by atoms with Crippen LogP contribution in [0.3, 0.4) is 0 Å². The van der Waals surface area contributed by atoms with E-state index in [0.29, 0.717) is 23.9 Å². The number of nitrogens with two attached hydrogens (primary N) is 1. The summed E-state index contributed by atoms with van der Waals surface area (Å²) in [5, 5.41) is 0. The highest BCUT2D eigenvalue weighted by atomic mass is 32.2. The van der Waals surface area contributed by atoms with Crippen molar-refractivity contribution in [3.63, 3.8) is 0 Å². The second kappa shape index (κ2) is 7.31. The predicted molar refractivity (Wildman–Crippen MR) is 85.7 cm³/mol. The number of hydrogen-bond donors (Lipinski definition) is 2. The average Bonchev–Trinajstić information content (AvgIpc) is 3.22. The molecule has 0 bridgehead atoms. The summed E-state index contributed by atoms with van der Waals surface area (Å²) in [6.45, 7) is 1.41. The Labute approximate surface area is 130 Å². The average molecular weight is 328 g/mol. The lowest BCUT2D eigenvalue weighted by molar-refractivity contribution is 0.129. The molecule has 0 heterocycles. The first-order chi connectivity index (χ1) is 9.97. The van der Waals surface area contributed by atoms with Crippen molar-refractivity contribution in [2.45, 2.75) is 24.2 Å². The van der Waals surface area contributed by atoms with Gasteiger partial charge < -0.3 is 10.5 Å². The van der Waals surface area contributed by atoms with E-state index in [9.17, 15) is 8.42 Å². The van der Waals surface area contributed by atoms with Crippen LogP contribution in [-0.2, 0) is 21.2 Å². The van der Waals surface area contributed by atoms with E-state index in [1.807, 2.05) is 0 Å². The number of ether oxygens (including phenoxy) is 1. The maximum absolute atomic E-state index is 12.1. The molecule has 1 aromatic carbocycles. The van der Waals surface area contributed by atoms with Crippen molar-refractivity contribution in [1.29, 1.82) is 0 Å². The number of benzene rings is 1. The van der Waals surface area contributed by atoms with Gasteiger partial charge in [0.2, 0.25) is 10.0 Å². The van der Waals surface area contributed by atoms with Crippen molar-refractivity contribution in [2.75, 3.05) is 19.8 Å². The van der Waals surface area contributed by atoms with Crippen molar-refractivity contribution in [3.05, 3.63) is 29.8 Å². The largest absolute Gasteiger partial charge is 0.393 e. The Morgan fingerprint density at radius 3 is 2.57 bits per heavy atom. The van der Waals surface area contributed by atoms with Gasteiger partial charge in [-0.3, -0.25) is 0 Å². The third-order valence-electron chi connectivity index (χ3n) is 3.20. The molecule has 0 amide bonds. The quantitative estimate of drug-likeness (QED) is 0.526. The van der Waals surface area contributed by atoms with Crippen LogP contribution in [0.5, 0.6) is 0 Å². The van der Waals surface area contributed by atoms with Gasteiger partial charge in [0.25, 0.3) is 0 Å². The minimum absolute atomic E-state index is 0.233. The Balaban J connectivity index is 1.81. The highest BCUT2D eigenvalue weighted by Gasteiger charge is 2.21. The van der Waals surface area contributed by atoms with Crippen molar-refractivity contribution in [2.24, 2.45) is 11.7 Å². The van der Waals surface area contributed by atoms with Crippen molar-refractivity contribution in [3.8, 4) is 0 Å². The molecule has 7 heteroatoms. The van der Waals surface area contributed by atoms with E-state index in [1.54, 1.807) is 24.3 Å². The number of thiocarbonyl (C=S) groups is 1. The summed E-state index contributed by atoms with van der Waals surface area (Å²) in [6, 6.07) is 6.55. The second-order valence-electron chi connectivity index (χ2n) is 5.20. The minimum atomic E-state index is -3.48. The van der Waals surface area contributed by atoms with Gasteiger partial charge >= 0.3 is 0 Å². The van der Waals surface area contributed by atoms with E-state index in [4.69, 9.17) is 22.7 Å². The lowest BCUT2D eigenvalue weighted by atomic mass is 10.1. The Kier molecular flexibility index (Phi) is 5.69. The van der Waals surface area contributed by atoms with Gasteiger partial charge in [-0.15, -0.1) is 0 Å². The first-order valence-electron chi connectivity index (χ1n) is 6.92. The molecule has 0 atom stereocenters. The molecule has 3 N–H and O–H groups in total. The first-order valence-corrected chi connectivity index (χ1v) is 8.81. The summed E-state index contributed by atoms with van der Waals surface area (Å²) < 4.78 is 32.0. The summed E-state index contributed by atoms with van der Waals surface area (Å²) in [7, 11) is -3.48. The third kappa shape index (κ3) is 5.70. The summed E-state index contributed by atoms with van der Waals surface area (Å²) in [4.78, 5) is 0.618. The molecule has 1 aliphatic carbocycles. The van der Waals surface area contributed by atoms with Gasteiger partial charge in [-0.25, -0.2) is 13.1 Å². The molecule has 5 nitrogen and oxygen atoms in total. The van der Waals surface area contributed by atoms with E-state index in [1.165, 1.54) is 12.8 Å². The molecule has 0 aromatic heterocycles. The molecule has 116 valence electrons. The molecule has 1 saturated carbocycles. The van der Waals surface area contributed by atoms with Gasteiger partial charge in [-0.2, -0.15) is 0 Å². The van der Waals surface area contributed by atoms with E-state index < -0.39 is 10.0 Å². The van der Waals surface area contributed by atoms with Gasteiger partial charge in [0, 0.05) is 19.6 Å². The fourth-order valence-corrected chi connectivity index (χ4v) is 3.03. The van der Waals surface area contributed by atoms with Gasteiger partial charge in [0.1, 0.15) is 0 Å². The molecule has 21 heavy (non-hydrogen) atoms. The summed E-state index contributed by atoms with van der Waals surface area (Å²) >= 11 is 4.82. The number of nitrogens with one attached hydrogen (secondary N) is 1. The molecular formula is C14H20N2O3S2. The zero-order valence-electron chi connectivity index (χ0n) is 11.7. The molecule has 0 saturated heterocycles. The Morgan fingerprint density at radius 1 is 1.33 bits per heavy atom. The van der Waals surface area contributed by atoms with Crippen molar-refractivity contribution >= 4 is 27.2 Å². The molecule has 1 aromatic rings. The van der Waals surface area contributed by atoms with Crippen LogP contribution in [0.4, 0.5) is 0 Å². The van der Waals surface area contributed by atoms with Crippen LogP contribution in [0.15, 0.2) is 29.2 Å². The molecule has 0 unspecified atom stereocenters.